The highest BCUT2D eigenvalue weighted by Gasteiger charge is 2.14. The number of aromatic nitrogens is 1. The Labute approximate surface area is 184 Å². The zero-order valence-electron chi connectivity index (χ0n) is 16.0. The fourth-order valence-corrected chi connectivity index (χ4v) is 3.84. The highest BCUT2D eigenvalue weighted by molar-refractivity contribution is 7.13. The number of rotatable bonds is 7. The molecule has 0 aliphatic rings. The summed E-state index contributed by atoms with van der Waals surface area (Å²) in [5.74, 6) is 0.527. The lowest BCUT2D eigenvalue weighted by Gasteiger charge is -2.10. The van der Waals surface area contributed by atoms with Gasteiger partial charge in [0.15, 0.2) is 0 Å². The predicted molar refractivity (Wildman–Crippen MR) is 121 cm³/mol. The number of hydrogen-bond donors (Lipinski definition) is 1. The molecule has 0 spiro atoms. The van der Waals surface area contributed by atoms with E-state index in [1.165, 1.54) is 11.3 Å². The fraction of sp³-hybridized carbons (Fsp3) is 0.0833. The summed E-state index contributed by atoms with van der Waals surface area (Å²) in [6, 6.07) is 25.0. The lowest BCUT2D eigenvalue weighted by Crippen LogP contribution is -2.23. The van der Waals surface area contributed by atoms with Gasteiger partial charge in [-0.05, 0) is 35.4 Å². The lowest BCUT2D eigenvalue weighted by atomic mass is 10.2. The molecule has 0 atom stereocenters. The summed E-state index contributed by atoms with van der Waals surface area (Å²) >= 11 is 7.36. The molecule has 6 heteroatoms. The second-order valence-electron chi connectivity index (χ2n) is 6.62. The summed E-state index contributed by atoms with van der Waals surface area (Å²) in [6.45, 7) is 0.886. The number of thiazole rings is 1. The molecule has 1 amide bonds. The van der Waals surface area contributed by atoms with Gasteiger partial charge in [-0.15, -0.1) is 11.3 Å². The van der Waals surface area contributed by atoms with Crippen LogP contribution in [-0.2, 0) is 13.2 Å². The van der Waals surface area contributed by atoms with Crippen molar-refractivity contribution in [2.24, 2.45) is 0 Å². The first kappa shape index (κ1) is 20.1. The van der Waals surface area contributed by atoms with Gasteiger partial charge in [0.1, 0.15) is 23.1 Å². The summed E-state index contributed by atoms with van der Waals surface area (Å²) in [7, 11) is 0. The maximum absolute atomic E-state index is 12.5. The minimum atomic E-state index is -0.194. The van der Waals surface area contributed by atoms with Crippen LogP contribution in [0, 0.1) is 0 Å². The summed E-state index contributed by atoms with van der Waals surface area (Å²) in [4.78, 5) is 17.0. The molecule has 1 heterocycles. The molecule has 4 rings (SSSR count). The smallest absolute Gasteiger partial charge is 0.271 e. The van der Waals surface area contributed by atoms with E-state index in [-0.39, 0.29) is 5.91 Å². The SMILES string of the molecule is O=C(NCc1ccccc1)c1csc(-c2ccccc2OCc2ccc(Cl)cc2)n1. The first-order valence-electron chi connectivity index (χ1n) is 9.43. The van der Waals surface area contributed by atoms with E-state index in [1.54, 1.807) is 5.38 Å². The second-order valence-corrected chi connectivity index (χ2v) is 7.91. The van der Waals surface area contributed by atoms with Crippen molar-refractivity contribution in [2.75, 3.05) is 0 Å². The number of hydrogen-bond acceptors (Lipinski definition) is 4. The highest BCUT2D eigenvalue weighted by atomic mass is 35.5. The maximum atomic E-state index is 12.5. The standard InChI is InChI=1S/C24H19ClN2O2S/c25-19-12-10-18(11-13-19)15-29-22-9-5-4-8-20(22)24-27-21(16-30-24)23(28)26-14-17-6-2-1-3-7-17/h1-13,16H,14-15H2,(H,26,28). The van der Waals surface area contributed by atoms with Gasteiger partial charge in [-0.25, -0.2) is 4.98 Å². The molecule has 0 saturated carbocycles. The molecule has 3 aromatic carbocycles. The molecule has 30 heavy (non-hydrogen) atoms. The molecule has 0 fully saturated rings. The van der Waals surface area contributed by atoms with E-state index in [4.69, 9.17) is 16.3 Å². The van der Waals surface area contributed by atoms with Crippen LogP contribution in [0.25, 0.3) is 10.6 Å². The lowest BCUT2D eigenvalue weighted by molar-refractivity contribution is 0.0946. The van der Waals surface area contributed by atoms with Crippen LogP contribution in [-0.4, -0.2) is 10.9 Å². The van der Waals surface area contributed by atoms with Gasteiger partial charge in [-0.2, -0.15) is 0 Å². The average Bonchev–Trinajstić information content (AvgIpc) is 3.28. The molecule has 0 saturated heterocycles. The van der Waals surface area contributed by atoms with E-state index in [0.717, 1.165) is 27.4 Å². The van der Waals surface area contributed by atoms with Crippen LogP contribution >= 0.6 is 22.9 Å². The molecule has 0 bridgehead atoms. The molecule has 1 aromatic heterocycles. The van der Waals surface area contributed by atoms with Gasteiger partial charge in [0.25, 0.3) is 5.91 Å². The third-order valence-electron chi connectivity index (χ3n) is 4.46. The molecule has 0 aliphatic carbocycles. The monoisotopic (exact) mass is 434 g/mol. The van der Waals surface area contributed by atoms with Gasteiger partial charge in [-0.3, -0.25) is 4.79 Å². The molecule has 0 radical (unpaired) electrons. The van der Waals surface area contributed by atoms with E-state index >= 15 is 0 Å². The highest BCUT2D eigenvalue weighted by Crippen LogP contribution is 2.32. The van der Waals surface area contributed by atoms with Crippen LogP contribution in [0.3, 0.4) is 0 Å². The normalized spacial score (nSPS) is 10.6. The molecule has 4 aromatic rings. The topological polar surface area (TPSA) is 51.2 Å². The zero-order chi connectivity index (χ0) is 20.8. The van der Waals surface area contributed by atoms with Crippen LogP contribution in [0.4, 0.5) is 0 Å². The Morgan fingerprint density at radius 1 is 0.933 bits per heavy atom. The van der Waals surface area contributed by atoms with Crippen LogP contribution < -0.4 is 10.1 Å². The number of para-hydroxylation sites is 1. The number of amides is 1. The van der Waals surface area contributed by atoms with E-state index in [0.29, 0.717) is 23.9 Å². The molecular weight excluding hydrogens is 416 g/mol. The Bertz CT molecular complexity index is 1130. The molecular formula is C24H19ClN2O2S. The largest absolute Gasteiger partial charge is 0.488 e. The third kappa shape index (κ3) is 5.06. The summed E-state index contributed by atoms with van der Waals surface area (Å²) < 4.78 is 6.02. The van der Waals surface area contributed by atoms with Gasteiger partial charge < -0.3 is 10.1 Å². The summed E-state index contributed by atoms with van der Waals surface area (Å²) in [5.41, 5.74) is 3.33. The van der Waals surface area contributed by atoms with Gasteiger partial charge in [0.2, 0.25) is 0 Å². The van der Waals surface area contributed by atoms with Crippen molar-refractivity contribution in [1.29, 1.82) is 0 Å². The van der Waals surface area contributed by atoms with Crippen molar-refractivity contribution in [3.05, 3.63) is 106 Å². The van der Waals surface area contributed by atoms with Crippen LogP contribution in [0.1, 0.15) is 21.6 Å². The first-order valence-corrected chi connectivity index (χ1v) is 10.7. The first-order chi connectivity index (χ1) is 14.7. The van der Waals surface area contributed by atoms with Gasteiger partial charge in [0.05, 0.1) is 5.56 Å². The van der Waals surface area contributed by atoms with E-state index in [9.17, 15) is 4.79 Å². The third-order valence-corrected chi connectivity index (χ3v) is 5.59. The van der Waals surface area contributed by atoms with Crippen LogP contribution in [0.2, 0.25) is 5.02 Å². The summed E-state index contributed by atoms with van der Waals surface area (Å²) in [6.07, 6.45) is 0. The number of nitrogens with one attached hydrogen (secondary N) is 1. The molecule has 4 nitrogen and oxygen atoms in total. The predicted octanol–water partition coefficient (Wildman–Crippen LogP) is 5.97. The van der Waals surface area contributed by atoms with E-state index < -0.39 is 0 Å². The Hall–Kier alpha value is -3.15. The average molecular weight is 435 g/mol. The van der Waals surface area contributed by atoms with Crippen LogP contribution in [0.5, 0.6) is 5.75 Å². The van der Waals surface area contributed by atoms with Crippen molar-refractivity contribution < 1.29 is 9.53 Å². The summed E-state index contributed by atoms with van der Waals surface area (Å²) in [5, 5.41) is 6.12. The van der Waals surface area contributed by atoms with E-state index in [2.05, 4.69) is 10.3 Å². The number of carbonyl (C=O) groups excluding carboxylic acids is 1. The Morgan fingerprint density at radius 3 is 2.47 bits per heavy atom. The molecule has 0 unspecified atom stereocenters. The minimum Gasteiger partial charge on any atom is -0.488 e. The van der Waals surface area contributed by atoms with Crippen molar-refractivity contribution in [2.45, 2.75) is 13.2 Å². The number of benzene rings is 3. The second kappa shape index (κ2) is 9.57. The maximum Gasteiger partial charge on any atom is 0.271 e. The van der Waals surface area contributed by atoms with Crippen LogP contribution in [0.15, 0.2) is 84.2 Å². The fourth-order valence-electron chi connectivity index (χ4n) is 2.88. The van der Waals surface area contributed by atoms with Crippen molar-refractivity contribution in [3.8, 4) is 16.3 Å². The minimum absolute atomic E-state index is 0.194. The molecule has 0 aliphatic heterocycles. The van der Waals surface area contributed by atoms with Crippen molar-refractivity contribution in [1.82, 2.24) is 10.3 Å². The number of halogens is 1. The van der Waals surface area contributed by atoms with E-state index in [1.807, 2.05) is 78.9 Å². The Kier molecular flexibility index (Phi) is 6.42. The van der Waals surface area contributed by atoms with Gasteiger partial charge in [-0.1, -0.05) is 66.2 Å². The Morgan fingerprint density at radius 2 is 1.67 bits per heavy atom. The van der Waals surface area contributed by atoms with Gasteiger partial charge in [0, 0.05) is 16.9 Å². The molecule has 150 valence electrons. The quantitative estimate of drug-likeness (QED) is 0.389. The zero-order valence-corrected chi connectivity index (χ0v) is 17.6. The molecule has 1 N–H and O–H groups in total. The van der Waals surface area contributed by atoms with Crippen molar-refractivity contribution >= 4 is 28.8 Å². The number of carbonyl (C=O) groups is 1. The number of nitrogens with zero attached hydrogens (tertiary/aromatic N) is 1. The van der Waals surface area contributed by atoms with Crippen molar-refractivity contribution in [3.63, 3.8) is 0 Å². The Balaban J connectivity index is 1.45. The number of ether oxygens (including phenoxy) is 1. The van der Waals surface area contributed by atoms with Gasteiger partial charge >= 0.3 is 0 Å².